The fourth-order valence-electron chi connectivity index (χ4n) is 9.21. The van der Waals surface area contributed by atoms with Crippen LogP contribution in [0.5, 0.6) is 0 Å². The summed E-state index contributed by atoms with van der Waals surface area (Å²) in [5.74, 6) is -0.0923. The maximum Gasteiger partial charge on any atom is 0.246 e. The molecule has 2 fully saturated rings. The number of carbonyl (C=O) groups excluding carboxylic acids is 3. The Morgan fingerprint density at radius 3 is 2.27 bits per heavy atom. The van der Waals surface area contributed by atoms with Gasteiger partial charge in [-0.15, -0.1) is 11.3 Å². The van der Waals surface area contributed by atoms with Gasteiger partial charge in [0.1, 0.15) is 17.1 Å². The molecule has 5 N–H and O–H groups in total. The maximum absolute atomic E-state index is 14.1. The van der Waals surface area contributed by atoms with Crippen LogP contribution < -0.4 is 21.3 Å². The van der Waals surface area contributed by atoms with E-state index >= 15 is 0 Å². The zero-order valence-electron chi connectivity index (χ0n) is 42.0. The zero-order chi connectivity index (χ0) is 50.6. The van der Waals surface area contributed by atoms with Gasteiger partial charge in [0, 0.05) is 32.0 Å². The first-order valence-electron chi connectivity index (χ1n) is 25.0. The number of nitrogens with zero attached hydrogens (tertiary/aromatic N) is 5. The van der Waals surface area contributed by atoms with Gasteiger partial charge in [-0.05, 0) is 95.1 Å². The molecule has 382 valence electrons. The Labute approximate surface area is 424 Å². The topological polar surface area (TPSA) is 199 Å². The summed E-state index contributed by atoms with van der Waals surface area (Å²) >= 11 is 8.05. The van der Waals surface area contributed by atoms with Crippen LogP contribution in [0.25, 0.3) is 10.4 Å². The Morgan fingerprint density at radius 2 is 1.60 bits per heavy atom. The van der Waals surface area contributed by atoms with Gasteiger partial charge in [0.05, 0.1) is 50.3 Å². The Kier molecular flexibility index (Phi) is 19.6. The molecule has 15 nitrogen and oxygen atoms in total. The van der Waals surface area contributed by atoms with Crippen molar-refractivity contribution in [3.63, 3.8) is 0 Å². The van der Waals surface area contributed by atoms with Gasteiger partial charge in [-0.25, -0.2) is 18.4 Å². The lowest BCUT2D eigenvalue weighted by Gasteiger charge is -2.35. The van der Waals surface area contributed by atoms with Crippen molar-refractivity contribution in [1.29, 1.82) is 0 Å². The van der Waals surface area contributed by atoms with Gasteiger partial charge in [-0.1, -0.05) is 107 Å². The van der Waals surface area contributed by atoms with Crippen LogP contribution in [0, 0.1) is 12.3 Å². The third-order valence-electron chi connectivity index (χ3n) is 13.3. The van der Waals surface area contributed by atoms with E-state index in [0.717, 1.165) is 106 Å². The van der Waals surface area contributed by atoms with Gasteiger partial charge >= 0.3 is 0 Å². The number of aromatic nitrogens is 3. The Bertz CT molecular complexity index is 2480. The van der Waals surface area contributed by atoms with E-state index in [0.29, 0.717) is 28.9 Å². The average molecular weight is 1020 g/mol. The molecule has 5 atom stereocenters. The number of para-hydroxylation sites is 1. The monoisotopic (exact) mass is 1020 g/mol. The SMILES string of the molecule is Cc1ncsc1-c1ccc([C@H](C)NC(=O)[C@@H]2C[C@@H](O)CN2C(=O)C(NC(=O)CCCCCCCCCCN2CCCC(Nc3ncc(Cl)c(Nc4ccccc4S(=O)(=O)C(C)C)n3)C2)C(C)(C)C)cc1. The first kappa shape index (κ1) is 54.6. The van der Waals surface area contributed by atoms with Crippen LogP contribution in [-0.2, 0) is 24.2 Å². The smallest absolute Gasteiger partial charge is 0.246 e. The van der Waals surface area contributed by atoms with Crippen molar-refractivity contribution < 1.29 is 27.9 Å². The number of piperidine rings is 1. The highest BCUT2D eigenvalue weighted by Gasteiger charge is 2.44. The number of carbonyl (C=O) groups is 3. The fraction of sp³-hybridized carbons (Fsp3) is 0.577. The molecule has 0 bridgehead atoms. The largest absolute Gasteiger partial charge is 0.391 e. The number of thiazole rings is 1. The van der Waals surface area contributed by atoms with Crippen molar-refractivity contribution in [2.75, 3.05) is 36.8 Å². The van der Waals surface area contributed by atoms with Crippen molar-refractivity contribution in [2.24, 2.45) is 5.41 Å². The number of aryl methyl sites for hydroxylation is 1. The molecule has 2 aliphatic heterocycles. The highest BCUT2D eigenvalue weighted by atomic mass is 35.5. The first-order chi connectivity index (χ1) is 33.3. The van der Waals surface area contributed by atoms with Crippen LogP contribution >= 0.6 is 22.9 Å². The average Bonchev–Trinajstić information content (AvgIpc) is 3.94. The van der Waals surface area contributed by atoms with Crippen LogP contribution in [0.4, 0.5) is 17.5 Å². The number of hydrogen-bond donors (Lipinski definition) is 5. The summed E-state index contributed by atoms with van der Waals surface area (Å²) in [6, 6.07) is 12.9. The predicted octanol–water partition coefficient (Wildman–Crippen LogP) is 9.24. The Hall–Kier alpha value is -4.68. The molecule has 0 spiro atoms. The van der Waals surface area contributed by atoms with Crippen molar-refractivity contribution in [2.45, 2.75) is 166 Å². The van der Waals surface area contributed by atoms with E-state index in [1.54, 1.807) is 49.4 Å². The van der Waals surface area contributed by atoms with Gasteiger partial charge < -0.3 is 36.2 Å². The van der Waals surface area contributed by atoms with Gasteiger partial charge in [0.25, 0.3) is 0 Å². The number of aliphatic hydroxyl groups excluding tert-OH is 1. The summed E-state index contributed by atoms with van der Waals surface area (Å²) in [7, 11) is -3.53. The third kappa shape index (κ3) is 14.9. The molecule has 2 aliphatic rings. The summed E-state index contributed by atoms with van der Waals surface area (Å²) < 4.78 is 26.0. The molecule has 0 aliphatic carbocycles. The minimum Gasteiger partial charge on any atom is -0.391 e. The second-order valence-electron chi connectivity index (χ2n) is 20.3. The molecule has 2 unspecified atom stereocenters. The second kappa shape index (κ2) is 25.1. The van der Waals surface area contributed by atoms with Crippen LogP contribution in [0.15, 0.2) is 65.1 Å². The van der Waals surface area contributed by atoms with E-state index in [1.807, 2.05) is 64.4 Å². The van der Waals surface area contributed by atoms with E-state index in [9.17, 15) is 27.9 Å². The van der Waals surface area contributed by atoms with E-state index in [1.165, 1.54) is 11.1 Å². The minimum atomic E-state index is -3.53. The Morgan fingerprint density at radius 1 is 0.914 bits per heavy atom. The molecule has 2 aromatic heterocycles. The minimum absolute atomic E-state index is 0.0308. The van der Waals surface area contributed by atoms with Crippen molar-refractivity contribution >= 4 is 68.0 Å². The van der Waals surface area contributed by atoms with Crippen LogP contribution in [0.1, 0.15) is 136 Å². The highest BCUT2D eigenvalue weighted by Crippen LogP contribution is 2.32. The predicted molar refractivity (Wildman–Crippen MR) is 280 cm³/mol. The number of aliphatic hydroxyl groups is 1. The fourth-order valence-corrected chi connectivity index (χ4v) is 11.4. The van der Waals surface area contributed by atoms with E-state index in [4.69, 9.17) is 11.6 Å². The van der Waals surface area contributed by atoms with Gasteiger partial charge in [-0.3, -0.25) is 14.4 Å². The zero-order valence-corrected chi connectivity index (χ0v) is 44.4. The molecule has 4 heterocycles. The highest BCUT2D eigenvalue weighted by molar-refractivity contribution is 7.92. The summed E-state index contributed by atoms with van der Waals surface area (Å²) in [5.41, 5.74) is 4.58. The standard InChI is InChI=1S/C52H74ClN9O6S2/c1-34(2)70(67,68)44-21-16-15-20-42(44)58-48-41(53)30-54-51(60-48)57-39-19-18-28-61(31-39)27-17-13-11-9-8-10-12-14-22-45(64)59-47(52(5,6)7)50(66)62-32-40(63)29-43(62)49(65)56-35(3)37-23-25-38(26-24-37)46-36(4)55-33-69-46/h15-16,20-21,23-26,30,33-35,39-40,43,47,63H,8-14,17-19,22,27-29,31-32H2,1-7H3,(H,56,65)(H,59,64)(H2,54,57,58,60)/t35-,39?,40+,43-,47?/m0/s1. The number of rotatable bonds is 23. The molecule has 18 heteroatoms. The molecule has 0 radical (unpaired) electrons. The lowest BCUT2D eigenvalue weighted by molar-refractivity contribution is -0.144. The maximum atomic E-state index is 14.1. The van der Waals surface area contributed by atoms with Crippen molar-refractivity contribution in [1.82, 2.24) is 35.4 Å². The quantitative estimate of drug-likeness (QED) is 0.0442. The molecule has 3 amide bonds. The molecule has 0 saturated carbocycles. The summed E-state index contributed by atoms with van der Waals surface area (Å²) in [4.78, 5) is 59.7. The number of β-amino-alcohol motifs (C(OH)–C–C–N with tert-alkyl or cyclic N) is 1. The lowest BCUT2D eigenvalue weighted by Crippen LogP contribution is -2.57. The van der Waals surface area contributed by atoms with E-state index in [2.05, 4.69) is 41.1 Å². The molecule has 2 saturated heterocycles. The number of halogens is 1. The molecular formula is C52H74ClN9O6S2. The van der Waals surface area contributed by atoms with Gasteiger partial charge in [0.2, 0.25) is 23.7 Å². The van der Waals surface area contributed by atoms with E-state index < -0.39 is 38.7 Å². The lowest BCUT2D eigenvalue weighted by atomic mass is 9.85. The molecule has 70 heavy (non-hydrogen) atoms. The third-order valence-corrected chi connectivity index (χ3v) is 16.8. The Balaban J connectivity index is 0.862. The molecule has 6 rings (SSSR count). The van der Waals surface area contributed by atoms with E-state index in [-0.39, 0.29) is 47.7 Å². The van der Waals surface area contributed by atoms with Crippen molar-refractivity contribution in [3.8, 4) is 10.4 Å². The summed E-state index contributed by atoms with van der Waals surface area (Å²) in [6.45, 7) is 15.9. The van der Waals surface area contributed by atoms with Crippen LogP contribution in [-0.4, -0.2) is 112 Å². The number of likely N-dealkylation sites (tertiary alicyclic amines) is 2. The summed E-state index contributed by atoms with van der Waals surface area (Å²) in [6.07, 6.45) is 11.6. The molecular weight excluding hydrogens is 946 g/mol. The van der Waals surface area contributed by atoms with Crippen LogP contribution in [0.3, 0.4) is 0 Å². The number of sulfone groups is 1. The molecule has 2 aromatic carbocycles. The van der Waals surface area contributed by atoms with Crippen LogP contribution in [0.2, 0.25) is 5.02 Å². The number of anilines is 3. The second-order valence-corrected chi connectivity index (χ2v) is 24.1. The number of amides is 3. The first-order valence-corrected chi connectivity index (χ1v) is 27.8. The molecule has 4 aromatic rings. The van der Waals surface area contributed by atoms with Gasteiger partial charge in [-0.2, -0.15) is 4.98 Å². The number of nitrogens with one attached hydrogen (secondary N) is 4. The van der Waals surface area contributed by atoms with Crippen molar-refractivity contribution in [3.05, 3.63) is 76.5 Å². The number of unbranched alkanes of at least 4 members (excludes halogenated alkanes) is 7. The summed E-state index contributed by atoms with van der Waals surface area (Å²) in [5, 5.41) is 23.0. The number of hydrogen-bond acceptors (Lipinski definition) is 13. The number of benzene rings is 2. The van der Waals surface area contributed by atoms with Gasteiger partial charge in [0.15, 0.2) is 15.7 Å². The normalized spacial score (nSPS) is 18.7.